The molecule has 0 radical (unpaired) electrons. The number of carboxylic acid groups (broad SMARTS) is 1. The Bertz CT molecular complexity index is 292. The van der Waals surface area contributed by atoms with Gasteiger partial charge in [-0.1, -0.05) is 0 Å². The largest absolute Gasteiger partial charge is 0.480 e. The molecule has 7 nitrogen and oxygen atoms in total. The molecule has 0 fully saturated rings. The number of hydrogen-bond acceptors (Lipinski definition) is 6. The molecule has 0 atom stereocenters. The van der Waals surface area contributed by atoms with Crippen LogP contribution in [0.1, 0.15) is 0 Å². The quantitative estimate of drug-likeness (QED) is 0.407. The van der Waals surface area contributed by atoms with Crippen LogP contribution >= 0.6 is 0 Å². The summed E-state index contributed by atoms with van der Waals surface area (Å²) < 4.78 is 10.1. The number of carbonyl (C=O) groups is 1. The SMILES string of the molecule is CN=C/C(=C\N)N(C)CCOCCOCC(=O)O. The molecule has 0 aliphatic rings. The van der Waals surface area contributed by atoms with Crippen molar-refractivity contribution in [2.24, 2.45) is 10.7 Å². The maximum absolute atomic E-state index is 10.1. The van der Waals surface area contributed by atoms with E-state index in [9.17, 15) is 4.79 Å². The predicted molar refractivity (Wildman–Crippen MR) is 68.6 cm³/mol. The zero-order chi connectivity index (χ0) is 13.8. The summed E-state index contributed by atoms with van der Waals surface area (Å²) in [5, 5.41) is 8.32. The molecule has 0 amide bonds. The minimum atomic E-state index is -0.980. The third kappa shape index (κ3) is 8.54. The molecule has 0 spiro atoms. The second kappa shape index (κ2) is 10.5. The van der Waals surface area contributed by atoms with E-state index in [1.165, 1.54) is 6.20 Å². The fourth-order valence-corrected chi connectivity index (χ4v) is 1.11. The van der Waals surface area contributed by atoms with Crippen molar-refractivity contribution in [1.29, 1.82) is 0 Å². The topological polar surface area (TPSA) is 97.4 Å². The van der Waals surface area contributed by atoms with Gasteiger partial charge in [-0.05, 0) is 0 Å². The first-order valence-corrected chi connectivity index (χ1v) is 5.54. The maximum atomic E-state index is 10.1. The molecular weight excluding hydrogens is 238 g/mol. The molecule has 3 N–H and O–H groups in total. The lowest BCUT2D eigenvalue weighted by Crippen LogP contribution is -2.25. The van der Waals surface area contributed by atoms with Gasteiger partial charge in [0.05, 0.1) is 25.5 Å². The number of hydrogen-bond donors (Lipinski definition) is 2. The molecule has 0 aromatic carbocycles. The van der Waals surface area contributed by atoms with Crippen molar-refractivity contribution < 1.29 is 19.4 Å². The number of rotatable bonds is 10. The molecule has 0 bridgehead atoms. The van der Waals surface area contributed by atoms with Gasteiger partial charge in [0.1, 0.15) is 6.61 Å². The van der Waals surface area contributed by atoms with Crippen LogP contribution in [0.2, 0.25) is 0 Å². The first-order chi connectivity index (χ1) is 8.61. The first kappa shape index (κ1) is 16.4. The molecule has 18 heavy (non-hydrogen) atoms. The number of aliphatic carboxylic acids is 1. The van der Waals surface area contributed by atoms with E-state index in [0.29, 0.717) is 19.8 Å². The summed E-state index contributed by atoms with van der Waals surface area (Å²) in [5.41, 5.74) is 6.26. The minimum Gasteiger partial charge on any atom is -0.480 e. The normalized spacial score (nSPS) is 12.0. The average molecular weight is 259 g/mol. The Balaban J connectivity index is 3.57. The highest BCUT2D eigenvalue weighted by atomic mass is 16.5. The van der Waals surface area contributed by atoms with Gasteiger partial charge in [0.2, 0.25) is 0 Å². The summed E-state index contributed by atoms with van der Waals surface area (Å²) in [6, 6.07) is 0. The van der Waals surface area contributed by atoms with Crippen LogP contribution in [0.4, 0.5) is 0 Å². The van der Waals surface area contributed by atoms with Crippen molar-refractivity contribution in [3.8, 4) is 0 Å². The van der Waals surface area contributed by atoms with Gasteiger partial charge in [-0.3, -0.25) is 4.99 Å². The van der Waals surface area contributed by atoms with E-state index in [4.69, 9.17) is 20.3 Å². The number of likely N-dealkylation sites (N-methyl/N-ethyl adjacent to an activating group) is 1. The van der Waals surface area contributed by atoms with E-state index in [1.54, 1.807) is 13.3 Å². The smallest absolute Gasteiger partial charge is 0.329 e. The third-order valence-corrected chi connectivity index (χ3v) is 2.04. The van der Waals surface area contributed by atoms with Crippen molar-refractivity contribution in [2.45, 2.75) is 0 Å². The Labute approximate surface area is 107 Å². The van der Waals surface area contributed by atoms with Gasteiger partial charge in [-0.2, -0.15) is 0 Å². The second-order valence-electron chi connectivity index (χ2n) is 3.46. The number of ether oxygens (including phenoxy) is 2. The lowest BCUT2D eigenvalue weighted by molar-refractivity contribution is -0.142. The predicted octanol–water partition coefficient (Wildman–Crippen LogP) is -0.463. The van der Waals surface area contributed by atoms with Gasteiger partial charge in [0.15, 0.2) is 0 Å². The lowest BCUT2D eigenvalue weighted by Gasteiger charge is -2.19. The standard InChI is InChI=1S/C11H21N3O4/c1-13-8-10(7-12)14(2)3-4-17-5-6-18-9-11(15)16/h7-8H,3-6,9,12H2,1-2H3,(H,15,16)/b10-7+,13-8?. The van der Waals surface area contributed by atoms with Gasteiger partial charge in [0.25, 0.3) is 0 Å². The summed E-state index contributed by atoms with van der Waals surface area (Å²) in [4.78, 5) is 15.9. The molecule has 0 saturated carbocycles. The van der Waals surface area contributed by atoms with Crippen LogP contribution in [0.3, 0.4) is 0 Å². The molecule has 104 valence electrons. The molecule has 0 aromatic heterocycles. The number of nitrogens with two attached hydrogens (primary N) is 1. The van der Waals surface area contributed by atoms with Crippen LogP contribution in [0.25, 0.3) is 0 Å². The van der Waals surface area contributed by atoms with Crippen molar-refractivity contribution >= 4 is 12.2 Å². The second-order valence-corrected chi connectivity index (χ2v) is 3.46. The summed E-state index contributed by atoms with van der Waals surface area (Å²) in [6.07, 6.45) is 3.14. The highest BCUT2D eigenvalue weighted by Gasteiger charge is 2.01. The molecule has 0 aliphatic carbocycles. The van der Waals surface area contributed by atoms with Gasteiger partial charge in [0, 0.05) is 33.1 Å². The van der Waals surface area contributed by atoms with Crippen molar-refractivity contribution in [3.05, 3.63) is 11.9 Å². The molecule has 7 heteroatoms. The van der Waals surface area contributed by atoms with Crippen molar-refractivity contribution in [2.75, 3.05) is 47.1 Å². The molecule has 0 saturated heterocycles. The van der Waals surface area contributed by atoms with Gasteiger partial charge in [-0.25, -0.2) is 4.79 Å². The molecular formula is C11H21N3O4. The van der Waals surface area contributed by atoms with E-state index >= 15 is 0 Å². The Morgan fingerprint density at radius 3 is 2.61 bits per heavy atom. The van der Waals surface area contributed by atoms with Crippen LogP contribution in [-0.4, -0.2) is 69.3 Å². The lowest BCUT2D eigenvalue weighted by atomic mass is 10.4. The zero-order valence-corrected chi connectivity index (χ0v) is 10.8. The summed E-state index contributed by atoms with van der Waals surface area (Å²) in [5.74, 6) is -0.980. The molecule has 0 heterocycles. The first-order valence-electron chi connectivity index (χ1n) is 5.54. The van der Waals surface area contributed by atoms with Gasteiger partial charge >= 0.3 is 5.97 Å². The van der Waals surface area contributed by atoms with Crippen molar-refractivity contribution in [3.63, 3.8) is 0 Å². The highest BCUT2D eigenvalue weighted by Crippen LogP contribution is 1.96. The highest BCUT2D eigenvalue weighted by molar-refractivity contribution is 5.77. The Kier molecular flexibility index (Phi) is 9.61. The molecule has 0 aliphatic heterocycles. The van der Waals surface area contributed by atoms with Crippen LogP contribution < -0.4 is 5.73 Å². The van der Waals surface area contributed by atoms with E-state index in [2.05, 4.69) is 4.99 Å². The van der Waals surface area contributed by atoms with Crippen molar-refractivity contribution in [1.82, 2.24) is 4.90 Å². The van der Waals surface area contributed by atoms with Crippen LogP contribution in [-0.2, 0) is 14.3 Å². The summed E-state index contributed by atoms with van der Waals surface area (Å²) in [6.45, 7) is 1.50. The molecule has 0 rings (SSSR count). The van der Waals surface area contributed by atoms with Crippen LogP contribution in [0, 0.1) is 0 Å². The zero-order valence-electron chi connectivity index (χ0n) is 10.8. The molecule has 0 aromatic rings. The third-order valence-electron chi connectivity index (χ3n) is 2.04. The van der Waals surface area contributed by atoms with E-state index in [1.807, 2.05) is 11.9 Å². The van der Waals surface area contributed by atoms with E-state index in [-0.39, 0.29) is 13.2 Å². The van der Waals surface area contributed by atoms with E-state index in [0.717, 1.165) is 5.70 Å². The Hall–Kier alpha value is -1.60. The summed E-state index contributed by atoms with van der Waals surface area (Å²) in [7, 11) is 3.55. The maximum Gasteiger partial charge on any atom is 0.329 e. The van der Waals surface area contributed by atoms with Crippen LogP contribution in [0.15, 0.2) is 16.9 Å². The number of aliphatic imine (C=N–C) groups is 1. The monoisotopic (exact) mass is 259 g/mol. The Morgan fingerprint density at radius 1 is 1.39 bits per heavy atom. The van der Waals surface area contributed by atoms with E-state index < -0.39 is 5.97 Å². The fraction of sp³-hybridized carbons (Fsp3) is 0.636. The number of allylic oxidation sites excluding steroid dienone is 1. The summed E-state index contributed by atoms with van der Waals surface area (Å²) >= 11 is 0. The number of nitrogens with zero attached hydrogens (tertiary/aromatic N) is 2. The number of carboxylic acids is 1. The van der Waals surface area contributed by atoms with Crippen LogP contribution in [0.5, 0.6) is 0 Å². The molecule has 0 unspecified atom stereocenters. The fourth-order valence-electron chi connectivity index (χ4n) is 1.11. The average Bonchev–Trinajstić information content (AvgIpc) is 2.34. The van der Waals surface area contributed by atoms with Gasteiger partial charge < -0.3 is 25.2 Å². The van der Waals surface area contributed by atoms with Gasteiger partial charge in [-0.15, -0.1) is 0 Å². The Morgan fingerprint density at radius 2 is 2.06 bits per heavy atom. The minimum absolute atomic E-state index is 0.270.